The quantitative estimate of drug-likeness (QED) is 0.943. The van der Waals surface area contributed by atoms with E-state index in [1.54, 1.807) is 12.4 Å². The zero-order valence-electron chi connectivity index (χ0n) is 13.0. The monoisotopic (exact) mass is 299 g/mol. The maximum Gasteiger partial charge on any atom is 0.222 e. The summed E-state index contributed by atoms with van der Waals surface area (Å²) in [5.74, 6) is 1.99. The molecule has 3 heterocycles. The van der Waals surface area contributed by atoms with Crippen LogP contribution >= 0.6 is 0 Å². The van der Waals surface area contributed by atoms with Crippen molar-refractivity contribution < 1.29 is 4.79 Å². The molecule has 2 aromatic rings. The minimum Gasteiger partial charge on any atom is -0.343 e. The van der Waals surface area contributed by atoms with Gasteiger partial charge in [0.25, 0.3) is 0 Å². The van der Waals surface area contributed by atoms with Crippen LogP contribution in [0, 0.1) is 6.92 Å². The van der Waals surface area contributed by atoms with Crippen molar-refractivity contribution in [2.75, 3.05) is 13.1 Å². The van der Waals surface area contributed by atoms with E-state index in [-0.39, 0.29) is 11.8 Å². The number of imidazole rings is 1. The summed E-state index contributed by atoms with van der Waals surface area (Å²) in [5.41, 5.74) is 1.82. The first-order valence-electron chi connectivity index (χ1n) is 7.80. The van der Waals surface area contributed by atoms with Crippen molar-refractivity contribution in [3.8, 4) is 11.5 Å². The number of aromatic nitrogens is 4. The number of aromatic amines is 1. The largest absolute Gasteiger partial charge is 0.343 e. The molecular weight excluding hydrogens is 278 g/mol. The lowest BCUT2D eigenvalue weighted by atomic mass is 9.93. The van der Waals surface area contributed by atoms with Crippen molar-refractivity contribution in [1.29, 1.82) is 0 Å². The number of nitrogens with zero attached hydrogens (tertiary/aromatic N) is 4. The second-order valence-electron chi connectivity index (χ2n) is 5.70. The molecule has 1 N–H and O–H groups in total. The number of nitrogens with one attached hydrogen (secondary N) is 1. The minimum absolute atomic E-state index is 0.224. The molecule has 6 heteroatoms. The van der Waals surface area contributed by atoms with E-state index in [1.807, 2.05) is 24.8 Å². The van der Waals surface area contributed by atoms with Gasteiger partial charge in [-0.3, -0.25) is 4.79 Å². The standard InChI is InChI=1S/C16H21N5O/c1-3-15(22)21-8-4-5-12(10-21)13-9-14(20-11(2)19-13)16-17-6-7-18-16/h6-7,9,12H,3-5,8,10H2,1-2H3,(H,17,18)/t12-/m1/s1. The van der Waals surface area contributed by atoms with Gasteiger partial charge >= 0.3 is 0 Å². The Labute approximate surface area is 130 Å². The Hall–Kier alpha value is -2.24. The SMILES string of the molecule is CCC(=O)N1CCC[C@@H](c2cc(-c3ncc[nH]3)nc(C)n2)C1. The van der Waals surface area contributed by atoms with E-state index >= 15 is 0 Å². The molecule has 3 rings (SSSR count). The van der Waals surface area contributed by atoms with Gasteiger partial charge in [0.05, 0.1) is 0 Å². The van der Waals surface area contributed by atoms with Gasteiger partial charge in [-0.2, -0.15) is 0 Å². The number of piperidine rings is 1. The molecule has 1 atom stereocenters. The van der Waals surface area contributed by atoms with Gasteiger partial charge in [-0.25, -0.2) is 15.0 Å². The van der Waals surface area contributed by atoms with Crippen LogP contribution in [0.25, 0.3) is 11.5 Å². The summed E-state index contributed by atoms with van der Waals surface area (Å²) in [6.45, 7) is 5.42. The van der Waals surface area contributed by atoms with Gasteiger partial charge in [-0.1, -0.05) is 6.92 Å². The van der Waals surface area contributed by atoms with Crippen LogP contribution in [0.1, 0.15) is 43.6 Å². The molecule has 0 spiro atoms. The van der Waals surface area contributed by atoms with E-state index in [0.717, 1.165) is 49.0 Å². The highest BCUT2D eigenvalue weighted by atomic mass is 16.2. The van der Waals surface area contributed by atoms with Gasteiger partial charge in [0, 0.05) is 43.5 Å². The molecular formula is C16H21N5O. The topological polar surface area (TPSA) is 74.8 Å². The molecule has 2 aromatic heterocycles. The summed E-state index contributed by atoms with van der Waals surface area (Å²) in [6.07, 6.45) is 6.15. The number of rotatable bonds is 3. The van der Waals surface area contributed by atoms with Crippen molar-refractivity contribution in [1.82, 2.24) is 24.8 Å². The van der Waals surface area contributed by atoms with Crippen molar-refractivity contribution in [2.45, 2.75) is 39.0 Å². The minimum atomic E-state index is 0.224. The fourth-order valence-electron chi connectivity index (χ4n) is 3.00. The molecule has 1 saturated heterocycles. The summed E-state index contributed by atoms with van der Waals surface area (Å²) < 4.78 is 0. The number of H-pyrrole nitrogens is 1. The van der Waals surface area contributed by atoms with Gasteiger partial charge in [-0.15, -0.1) is 0 Å². The van der Waals surface area contributed by atoms with E-state index in [2.05, 4.69) is 19.9 Å². The van der Waals surface area contributed by atoms with E-state index < -0.39 is 0 Å². The number of carbonyl (C=O) groups excluding carboxylic acids is 1. The molecule has 6 nitrogen and oxygen atoms in total. The molecule has 1 aliphatic heterocycles. The number of carbonyl (C=O) groups is 1. The Kier molecular flexibility index (Phi) is 4.18. The smallest absolute Gasteiger partial charge is 0.222 e. The van der Waals surface area contributed by atoms with E-state index in [0.29, 0.717) is 6.42 Å². The lowest BCUT2D eigenvalue weighted by Gasteiger charge is -2.32. The number of likely N-dealkylation sites (tertiary alicyclic amines) is 1. The van der Waals surface area contributed by atoms with Crippen molar-refractivity contribution in [3.05, 3.63) is 30.0 Å². The van der Waals surface area contributed by atoms with Crippen molar-refractivity contribution in [2.24, 2.45) is 0 Å². The lowest BCUT2D eigenvalue weighted by Crippen LogP contribution is -2.39. The van der Waals surface area contributed by atoms with Crippen LogP contribution < -0.4 is 0 Å². The third-order valence-electron chi connectivity index (χ3n) is 4.09. The summed E-state index contributed by atoms with van der Waals surface area (Å²) in [4.78, 5) is 30.3. The Morgan fingerprint density at radius 3 is 3.05 bits per heavy atom. The highest BCUT2D eigenvalue weighted by Crippen LogP contribution is 2.27. The van der Waals surface area contributed by atoms with Crippen LogP contribution in [-0.2, 0) is 4.79 Å². The summed E-state index contributed by atoms with van der Waals surface area (Å²) >= 11 is 0. The molecule has 0 aliphatic carbocycles. The maximum absolute atomic E-state index is 11.9. The molecule has 0 saturated carbocycles. The van der Waals surface area contributed by atoms with Gasteiger partial charge in [0.1, 0.15) is 11.5 Å². The molecule has 0 bridgehead atoms. The van der Waals surface area contributed by atoms with Crippen LogP contribution in [-0.4, -0.2) is 43.8 Å². The predicted octanol–water partition coefficient (Wildman–Crippen LogP) is 2.29. The van der Waals surface area contributed by atoms with Gasteiger partial charge < -0.3 is 9.88 Å². The number of hydrogen-bond donors (Lipinski definition) is 1. The number of hydrogen-bond acceptors (Lipinski definition) is 4. The first-order valence-corrected chi connectivity index (χ1v) is 7.80. The normalized spacial score (nSPS) is 18.5. The fourth-order valence-corrected chi connectivity index (χ4v) is 3.00. The highest BCUT2D eigenvalue weighted by Gasteiger charge is 2.25. The summed E-state index contributed by atoms with van der Waals surface area (Å²) in [5, 5.41) is 0. The first kappa shape index (κ1) is 14.7. The fraction of sp³-hybridized carbons (Fsp3) is 0.500. The number of aryl methyl sites for hydroxylation is 1. The molecule has 0 unspecified atom stereocenters. The van der Waals surface area contributed by atoms with Crippen LogP contribution in [0.4, 0.5) is 0 Å². The molecule has 1 amide bonds. The summed E-state index contributed by atoms with van der Waals surface area (Å²) in [7, 11) is 0. The highest BCUT2D eigenvalue weighted by molar-refractivity contribution is 5.76. The zero-order valence-corrected chi connectivity index (χ0v) is 13.0. The maximum atomic E-state index is 11.9. The molecule has 1 aliphatic rings. The van der Waals surface area contributed by atoms with Gasteiger partial charge in [-0.05, 0) is 25.8 Å². The zero-order chi connectivity index (χ0) is 15.5. The Morgan fingerprint density at radius 2 is 2.32 bits per heavy atom. The van der Waals surface area contributed by atoms with Crippen LogP contribution in [0.2, 0.25) is 0 Å². The van der Waals surface area contributed by atoms with E-state index in [1.165, 1.54) is 0 Å². The lowest BCUT2D eigenvalue weighted by molar-refractivity contribution is -0.132. The average molecular weight is 299 g/mol. The first-order chi connectivity index (χ1) is 10.7. The van der Waals surface area contributed by atoms with Crippen molar-refractivity contribution in [3.63, 3.8) is 0 Å². The Morgan fingerprint density at radius 1 is 1.45 bits per heavy atom. The second kappa shape index (κ2) is 6.25. The molecule has 0 aromatic carbocycles. The third-order valence-corrected chi connectivity index (χ3v) is 4.09. The molecule has 116 valence electrons. The van der Waals surface area contributed by atoms with Crippen LogP contribution in [0.15, 0.2) is 18.5 Å². The van der Waals surface area contributed by atoms with Gasteiger partial charge in [0.2, 0.25) is 5.91 Å². The third kappa shape index (κ3) is 3.00. The predicted molar refractivity (Wildman–Crippen MR) is 83.2 cm³/mol. The van der Waals surface area contributed by atoms with Crippen LogP contribution in [0.5, 0.6) is 0 Å². The second-order valence-corrected chi connectivity index (χ2v) is 5.70. The summed E-state index contributed by atoms with van der Waals surface area (Å²) in [6, 6.07) is 2.00. The van der Waals surface area contributed by atoms with Crippen molar-refractivity contribution >= 4 is 5.91 Å². The number of amides is 1. The van der Waals surface area contributed by atoms with Crippen LogP contribution in [0.3, 0.4) is 0 Å². The van der Waals surface area contributed by atoms with E-state index in [4.69, 9.17) is 0 Å². The Bertz CT molecular complexity index is 653. The molecule has 22 heavy (non-hydrogen) atoms. The molecule has 0 radical (unpaired) electrons. The van der Waals surface area contributed by atoms with Gasteiger partial charge in [0.15, 0.2) is 5.82 Å². The van der Waals surface area contributed by atoms with E-state index in [9.17, 15) is 4.79 Å². The average Bonchev–Trinajstić information content (AvgIpc) is 3.08. The molecule has 1 fully saturated rings. The Balaban J connectivity index is 1.86.